The SMILES string of the molecule is COC(=O)c1c(NC(=O)c2ccc(F)cc2Br)sc2c1CCCC2. The number of esters is 1. The van der Waals surface area contributed by atoms with E-state index >= 15 is 0 Å². The number of aryl methyl sites for hydroxylation is 1. The normalized spacial score (nSPS) is 13.3. The number of thiophene rings is 1. The van der Waals surface area contributed by atoms with E-state index in [1.165, 1.54) is 36.6 Å². The summed E-state index contributed by atoms with van der Waals surface area (Å²) in [6.07, 6.45) is 3.81. The molecule has 0 radical (unpaired) electrons. The first-order valence-corrected chi connectivity index (χ1v) is 9.11. The molecule has 1 N–H and O–H groups in total. The van der Waals surface area contributed by atoms with Crippen LogP contribution in [0.25, 0.3) is 0 Å². The monoisotopic (exact) mass is 411 g/mol. The van der Waals surface area contributed by atoms with Gasteiger partial charge in [0.2, 0.25) is 0 Å². The zero-order valence-corrected chi connectivity index (χ0v) is 15.4. The molecule has 0 saturated carbocycles. The first kappa shape index (κ1) is 17.1. The Morgan fingerprint density at radius 3 is 2.75 bits per heavy atom. The van der Waals surface area contributed by atoms with Gasteiger partial charge in [0.25, 0.3) is 5.91 Å². The molecular formula is C17H15BrFNO3S. The standard InChI is InChI=1S/C17H15BrFNO3S/c1-23-17(22)14-11-4-2-3-5-13(11)24-16(14)20-15(21)10-7-6-9(19)8-12(10)18/h6-8H,2-5H2,1H3,(H,20,21). The van der Waals surface area contributed by atoms with Gasteiger partial charge in [-0.1, -0.05) is 0 Å². The fraction of sp³-hybridized carbons (Fsp3) is 0.294. The van der Waals surface area contributed by atoms with E-state index < -0.39 is 17.7 Å². The van der Waals surface area contributed by atoms with Gasteiger partial charge < -0.3 is 10.1 Å². The molecule has 0 spiro atoms. The zero-order valence-electron chi connectivity index (χ0n) is 12.9. The van der Waals surface area contributed by atoms with E-state index in [4.69, 9.17) is 4.74 Å². The van der Waals surface area contributed by atoms with Crippen molar-refractivity contribution in [1.29, 1.82) is 0 Å². The van der Waals surface area contributed by atoms with Crippen LogP contribution in [-0.4, -0.2) is 19.0 Å². The lowest BCUT2D eigenvalue weighted by atomic mass is 9.95. The molecule has 0 unspecified atom stereocenters. The van der Waals surface area contributed by atoms with Gasteiger partial charge in [-0.2, -0.15) is 0 Å². The summed E-state index contributed by atoms with van der Waals surface area (Å²) in [6, 6.07) is 3.86. The average Bonchev–Trinajstić information content (AvgIpc) is 2.91. The number of methoxy groups -OCH3 is 1. The third kappa shape index (κ3) is 3.23. The summed E-state index contributed by atoms with van der Waals surface area (Å²) in [4.78, 5) is 25.8. The van der Waals surface area contributed by atoms with Crippen molar-refractivity contribution in [3.05, 3.63) is 50.1 Å². The van der Waals surface area contributed by atoms with Crippen LogP contribution in [0, 0.1) is 5.82 Å². The van der Waals surface area contributed by atoms with Crippen molar-refractivity contribution in [2.24, 2.45) is 0 Å². The number of halogens is 2. The van der Waals surface area contributed by atoms with Crippen LogP contribution in [0.2, 0.25) is 0 Å². The van der Waals surface area contributed by atoms with Gasteiger partial charge in [0.1, 0.15) is 10.8 Å². The number of rotatable bonds is 3. The summed E-state index contributed by atoms with van der Waals surface area (Å²) in [5.74, 6) is -1.27. The summed E-state index contributed by atoms with van der Waals surface area (Å²) in [5, 5.41) is 3.28. The van der Waals surface area contributed by atoms with Gasteiger partial charge in [0.05, 0.1) is 18.2 Å². The highest BCUT2D eigenvalue weighted by Crippen LogP contribution is 2.39. The Labute approximate surface area is 151 Å². The molecule has 0 aliphatic heterocycles. The molecule has 0 atom stereocenters. The van der Waals surface area contributed by atoms with Crippen molar-refractivity contribution < 1.29 is 18.7 Å². The zero-order chi connectivity index (χ0) is 17.3. The summed E-state index contributed by atoms with van der Waals surface area (Å²) in [7, 11) is 1.33. The second kappa shape index (κ2) is 7.03. The molecule has 2 aromatic rings. The minimum atomic E-state index is -0.442. The van der Waals surface area contributed by atoms with Crippen LogP contribution in [0.1, 0.15) is 44.0 Å². The number of hydrogen-bond acceptors (Lipinski definition) is 4. The molecule has 0 bridgehead atoms. The third-order valence-electron chi connectivity index (χ3n) is 3.96. The van der Waals surface area contributed by atoms with Gasteiger partial charge in [0.15, 0.2) is 0 Å². The number of fused-ring (bicyclic) bond motifs is 1. The molecule has 1 aromatic carbocycles. The Bertz CT molecular complexity index is 818. The van der Waals surface area contributed by atoms with Crippen molar-refractivity contribution in [2.75, 3.05) is 12.4 Å². The molecule has 4 nitrogen and oxygen atoms in total. The van der Waals surface area contributed by atoms with E-state index in [-0.39, 0.29) is 0 Å². The van der Waals surface area contributed by atoms with Gasteiger partial charge in [-0.15, -0.1) is 11.3 Å². The van der Waals surface area contributed by atoms with Crippen molar-refractivity contribution >= 4 is 44.1 Å². The lowest BCUT2D eigenvalue weighted by Crippen LogP contribution is -2.15. The minimum Gasteiger partial charge on any atom is -0.465 e. The highest BCUT2D eigenvalue weighted by molar-refractivity contribution is 9.10. The summed E-state index contributed by atoms with van der Waals surface area (Å²) in [6.45, 7) is 0. The summed E-state index contributed by atoms with van der Waals surface area (Å²) >= 11 is 4.61. The second-order valence-corrected chi connectivity index (χ2v) is 7.44. The van der Waals surface area contributed by atoms with Crippen LogP contribution >= 0.6 is 27.3 Å². The molecule has 0 saturated heterocycles. The molecule has 1 aliphatic rings. The van der Waals surface area contributed by atoms with Gasteiger partial charge in [-0.3, -0.25) is 4.79 Å². The highest BCUT2D eigenvalue weighted by Gasteiger charge is 2.27. The summed E-state index contributed by atoms with van der Waals surface area (Å²) < 4.78 is 18.4. The van der Waals surface area contributed by atoms with Crippen molar-refractivity contribution in [3.8, 4) is 0 Å². The molecule has 1 aliphatic carbocycles. The van der Waals surface area contributed by atoms with Gasteiger partial charge in [0, 0.05) is 9.35 Å². The van der Waals surface area contributed by atoms with Crippen LogP contribution in [0.15, 0.2) is 22.7 Å². The van der Waals surface area contributed by atoms with E-state index in [1.54, 1.807) is 0 Å². The Kier molecular flexibility index (Phi) is 5.01. The van der Waals surface area contributed by atoms with Gasteiger partial charge in [-0.05, 0) is 65.4 Å². The molecule has 126 valence electrons. The fourth-order valence-electron chi connectivity index (χ4n) is 2.82. The molecule has 1 heterocycles. The van der Waals surface area contributed by atoms with Crippen LogP contribution in [0.5, 0.6) is 0 Å². The molecule has 0 fully saturated rings. The molecule has 3 rings (SSSR count). The lowest BCUT2D eigenvalue weighted by Gasteiger charge is -2.12. The first-order chi connectivity index (χ1) is 11.5. The average molecular weight is 412 g/mol. The molecule has 7 heteroatoms. The van der Waals surface area contributed by atoms with Crippen LogP contribution in [0.3, 0.4) is 0 Å². The predicted octanol–water partition coefficient (Wildman–Crippen LogP) is 4.57. The molecule has 1 aromatic heterocycles. The van der Waals surface area contributed by atoms with E-state index in [2.05, 4.69) is 21.2 Å². The number of nitrogens with one attached hydrogen (secondary N) is 1. The number of carbonyl (C=O) groups is 2. The minimum absolute atomic E-state index is 0.304. The van der Waals surface area contributed by atoms with Crippen LogP contribution in [-0.2, 0) is 17.6 Å². The van der Waals surface area contributed by atoms with E-state index in [1.807, 2.05) is 0 Å². The lowest BCUT2D eigenvalue weighted by molar-refractivity contribution is 0.0601. The highest BCUT2D eigenvalue weighted by atomic mass is 79.9. The number of carbonyl (C=O) groups excluding carboxylic acids is 2. The van der Waals surface area contributed by atoms with Crippen LogP contribution in [0.4, 0.5) is 9.39 Å². The third-order valence-corrected chi connectivity index (χ3v) is 5.83. The maximum Gasteiger partial charge on any atom is 0.341 e. The predicted molar refractivity (Wildman–Crippen MR) is 94.4 cm³/mol. The largest absolute Gasteiger partial charge is 0.465 e. The Morgan fingerprint density at radius 1 is 1.29 bits per heavy atom. The maximum absolute atomic E-state index is 13.2. The Balaban J connectivity index is 1.96. The quantitative estimate of drug-likeness (QED) is 0.752. The fourth-order valence-corrected chi connectivity index (χ4v) is 4.62. The topological polar surface area (TPSA) is 55.4 Å². The van der Waals surface area contributed by atoms with Crippen LogP contribution < -0.4 is 5.32 Å². The number of anilines is 1. The molecule has 1 amide bonds. The van der Waals surface area contributed by atoms with Crippen molar-refractivity contribution in [2.45, 2.75) is 25.7 Å². The number of amides is 1. The van der Waals surface area contributed by atoms with E-state index in [9.17, 15) is 14.0 Å². The summed E-state index contributed by atoms with van der Waals surface area (Å²) in [5.41, 5.74) is 1.73. The molecule has 24 heavy (non-hydrogen) atoms. The van der Waals surface area contributed by atoms with E-state index in [0.29, 0.717) is 20.6 Å². The van der Waals surface area contributed by atoms with Gasteiger partial charge in [-0.25, -0.2) is 9.18 Å². The van der Waals surface area contributed by atoms with Crippen molar-refractivity contribution in [1.82, 2.24) is 0 Å². The van der Waals surface area contributed by atoms with Gasteiger partial charge >= 0.3 is 5.97 Å². The first-order valence-electron chi connectivity index (χ1n) is 7.50. The smallest absolute Gasteiger partial charge is 0.341 e. The number of ether oxygens (including phenoxy) is 1. The number of hydrogen-bond donors (Lipinski definition) is 1. The number of benzene rings is 1. The van der Waals surface area contributed by atoms with Crippen molar-refractivity contribution in [3.63, 3.8) is 0 Å². The van der Waals surface area contributed by atoms with E-state index in [0.717, 1.165) is 36.1 Å². The molecular weight excluding hydrogens is 397 g/mol. The maximum atomic E-state index is 13.2. The second-order valence-electron chi connectivity index (χ2n) is 5.48. The Morgan fingerprint density at radius 2 is 2.04 bits per heavy atom. The Hall–Kier alpha value is -1.73.